The van der Waals surface area contributed by atoms with Crippen molar-refractivity contribution in [1.82, 2.24) is 0 Å². The van der Waals surface area contributed by atoms with E-state index in [2.05, 4.69) is 41.5 Å². The van der Waals surface area contributed by atoms with Gasteiger partial charge in [-0.2, -0.15) is 0 Å². The molecule has 0 saturated heterocycles. The highest BCUT2D eigenvalue weighted by molar-refractivity contribution is 4.66. The third kappa shape index (κ3) is 14.5. The Bertz CT molecular complexity index is 82.2. The quantitative estimate of drug-likeness (QED) is 0.507. The zero-order chi connectivity index (χ0) is 11.4. The van der Waals surface area contributed by atoms with Crippen LogP contribution >= 0.6 is 0 Å². The zero-order valence-electron chi connectivity index (χ0n) is 11.4. The van der Waals surface area contributed by atoms with Gasteiger partial charge in [0.2, 0.25) is 0 Å². The van der Waals surface area contributed by atoms with Crippen molar-refractivity contribution >= 4 is 0 Å². The molecule has 0 amide bonds. The molecule has 0 aliphatic carbocycles. The van der Waals surface area contributed by atoms with Gasteiger partial charge in [-0.3, -0.25) is 0 Å². The molecule has 0 spiro atoms. The second-order valence-electron chi connectivity index (χ2n) is 5.02. The minimum Gasteiger partial charge on any atom is -0.0654 e. The zero-order valence-corrected chi connectivity index (χ0v) is 11.4. The van der Waals surface area contributed by atoms with Crippen molar-refractivity contribution in [3.05, 3.63) is 0 Å². The Morgan fingerprint density at radius 2 is 1.00 bits per heavy atom. The van der Waals surface area contributed by atoms with Gasteiger partial charge < -0.3 is 0 Å². The lowest BCUT2D eigenvalue weighted by Crippen LogP contribution is -2.09. The topological polar surface area (TPSA) is 0 Å². The maximum absolute atomic E-state index is 2.36. The Kier molecular flexibility index (Phi) is 13.0. The molecule has 0 fully saturated rings. The van der Waals surface area contributed by atoms with Crippen LogP contribution in [-0.4, -0.2) is 0 Å². The van der Waals surface area contributed by atoms with Crippen LogP contribution in [0.4, 0.5) is 0 Å². The standard InChI is InChI=1S/C9H20.C5H12/c1-5-7-9(3,4)8-6-2;1-3-5-4-2/h5-8H2,1-4H3;3-5H2,1-2H3. The molecule has 0 nitrogen and oxygen atoms in total. The van der Waals surface area contributed by atoms with Crippen molar-refractivity contribution in [2.75, 3.05) is 0 Å². The molecule has 0 rings (SSSR count). The number of unbranched alkanes of at least 4 members (excludes halogenated alkanes) is 2. The van der Waals surface area contributed by atoms with E-state index in [1.165, 1.54) is 44.9 Å². The van der Waals surface area contributed by atoms with Crippen LogP contribution in [0.25, 0.3) is 0 Å². The molecule has 0 aromatic carbocycles. The number of rotatable bonds is 6. The van der Waals surface area contributed by atoms with Gasteiger partial charge in [-0.15, -0.1) is 0 Å². The SMILES string of the molecule is CCCC(C)(C)CCC.CCCCC. The van der Waals surface area contributed by atoms with E-state index in [1.54, 1.807) is 0 Å². The fraction of sp³-hybridized carbons (Fsp3) is 1.00. The highest BCUT2D eigenvalue weighted by Gasteiger charge is 2.13. The molecule has 0 aromatic heterocycles. The van der Waals surface area contributed by atoms with Gasteiger partial charge >= 0.3 is 0 Å². The molecular formula is C14H32. The molecule has 0 heterocycles. The lowest BCUT2D eigenvalue weighted by molar-refractivity contribution is 0.301. The highest BCUT2D eigenvalue weighted by atomic mass is 14.2. The summed E-state index contributed by atoms with van der Waals surface area (Å²) >= 11 is 0. The van der Waals surface area contributed by atoms with Gasteiger partial charge in [0.25, 0.3) is 0 Å². The van der Waals surface area contributed by atoms with Crippen molar-refractivity contribution in [3.63, 3.8) is 0 Å². The monoisotopic (exact) mass is 200 g/mol. The minimum absolute atomic E-state index is 0.601. The largest absolute Gasteiger partial charge is 0.0654 e. The molecule has 0 aliphatic heterocycles. The second kappa shape index (κ2) is 11.1. The van der Waals surface area contributed by atoms with Crippen LogP contribution in [0.3, 0.4) is 0 Å². The van der Waals surface area contributed by atoms with E-state index in [0.717, 1.165) is 0 Å². The number of hydrogen-bond donors (Lipinski definition) is 0. The predicted molar refractivity (Wildman–Crippen MR) is 68.8 cm³/mol. The van der Waals surface area contributed by atoms with Gasteiger partial charge in [-0.1, -0.05) is 73.6 Å². The average molecular weight is 200 g/mol. The van der Waals surface area contributed by atoms with Crippen molar-refractivity contribution in [2.45, 2.75) is 86.5 Å². The van der Waals surface area contributed by atoms with Gasteiger partial charge in [0.05, 0.1) is 0 Å². The molecule has 0 atom stereocenters. The molecule has 0 N–H and O–H groups in total. The molecular weight excluding hydrogens is 168 g/mol. The van der Waals surface area contributed by atoms with Crippen molar-refractivity contribution in [1.29, 1.82) is 0 Å². The van der Waals surface area contributed by atoms with E-state index in [4.69, 9.17) is 0 Å². The van der Waals surface area contributed by atoms with Crippen molar-refractivity contribution in [3.8, 4) is 0 Å². The normalized spacial score (nSPS) is 10.7. The van der Waals surface area contributed by atoms with Gasteiger partial charge in [0.1, 0.15) is 0 Å². The Balaban J connectivity index is 0. The Morgan fingerprint density at radius 1 is 0.643 bits per heavy atom. The summed E-state index contributed by atoms with van der Waals surface area (Å²) in [7, 11) is 0. The first kappa shape index (κ1) is 16.4. The maximum atomic E-state index is 2.36. The molecule has 88 valence electrons. The van der Waals surface area contributed by atoms with Crippen LogP contribution in [0, 0.1) is 5.41 Å². The lowest BCUT2D eigenvalue weighted by Gasteiger charge is -2.22. The first-order valence-electron chi connectivity index (χ1n) is 6.54. The molecule has 0 saturated carbocycles. The lowest BCUT2D eigenvalue weighted by atomic mass is 9.84. The van der Waals surface area contributed by atoms with Gasteiger partial charge in [-0.05, 0) is 18.3 Å². The second-order valence-corrected chi connectivity index (χ2v) is 5.02. The summed E-state index contributed by atoms with van der Waals surface area (Å²) < 4.78 is 0. The van der Waals surface area contributed by atoms with Crippen LogP contribution in [0.15, 0.2) is 0 Å². The molecule has 0 aliphatic rings. The molecule has 14 heavy (non-hydrogen) atoms. The third-order valence-corrected chi connectivity index (χ3v) is 2.56. The molecule has 0 bridgehead atoms. The first-order chi connectivity index (χ1) is 6.54. The maximum Gasteiger partial charge on any atom is -0.0354 e. The van der Waals surface area contributed by atoms with Crippen LogP contribution < -0.4 is 0 Å². The smallest absolute Gasteiger partial charge is 0.0354 e. The molecule has 0 radical (unpaired) electrons. The molecule has 0 heteroatoms. The van der Waals surface area contributed by atoms with E-state index in [-0.39, 0.29) is 0 Å². The summed E-state index contributed by atoms with van der Waals surface area (Å²) in [5.74, 6) is 0. The Hall–Kier alpha value is 0. The van der Waals surface area contributed by atoms with E-state index >= 15 is 0 Å². The van der Waals surface area contributed by atoms with Gasteiger partial charge in [0.15, 0.2) is 0 Å². The van der Waals surface area contributed by atoms with Gasteiger partial charge in [0, 0.05) is 0 Å². The minimum atomic E-state index is 0.601. The molecule has 0 unspecified atom stereocenters. The van der Waals surface area contributed by atoms with Crippen LogP contribution in [-0.2, 0) is 0 Å². The summed E-state index contributed by atoms with van der Waals surface area (Å²) in [6, 6.07) is 0. The van der Waals surface area contributed by atoms with E-state index in [1.807, 2.05) is 0 Å². The third-order valence-electron chi connectivity index (χ3n) is 2.56. The highest BCUT2D eigenvalue weighted by Crippen LogP contribution is 2.27. The summed E-state index contributed by atoms with van der Waals surface area (Å²) in [6.45, 7) is 13.7. The molecule has 0 aromatic rings. The Labute approximate surface area is 92.5 Å². The fourth-order valence-corrected chi connectivity index (χ4v) is 1.83. The van der Waals surface area contributed by atoms with E-state index in [0.29, 0.717) is 5.41 Å². The van der Waals surface area contributed by atoms with Crippen molar-refractivity contribution < 1.29 is 0 Å². The van der Waals surface area contributed by atoms with E-state index in [9.17, 15) is 0 Å². The summed E-state index contributed by atoms with van der Waals surface area (Å²) in [4.78, 5) is 0. The average Bonchev–Trinajstić information content (AvgIpc) is 2.06. The Morgan fingerprint density at radius 3 is 1.14 bits per heavy atom. The summed E-state index contributed by atoms with van der Waals surface area (Å²) in [5, 5.41) is 0. The number of hydrogen-bond acceptors (Lipinski definition) is 0. The van der Waals surface area contributed by atoms with Crippen LogP contribution in [0.1, 0.15) is 86.5 Å². The first-order valence-corrected chi connectivity index (χ1v) is 6.54. The summed E-state index contributed by atoms with van der Waals surface area (Å²) in [5.41, 5.74) is 0.601. The summed E-state index contributed by atoms with van der Waals surface area (Å²) in [6.07, 6.45) is 9.48. The van der Waals surface area contributed by atoms with Crippen LogP contribution in [0.2, 0.25) is 0 Å². The predicted octanol–water partition coefficient (Wildman–Crippen LogP) is 5.81. The van der Waals surface area contributed by atoms with E-state index < -0.39 is 0 Å². The van der Waals surface area contributed by atoms with Crippen LogP contribution in [0.5, 0.6) is 0 Å². The van der Waals surface area contributed by atoms with Crippen molar-refractivity contribution in [2.24, 2.45) is 5.41 Å². The fourth-order valence-electron chi connectivity index (χ4n) is 1.83. The van der Waals surface area contributed by atoms with Gasteiger partial charge in [-0.25, -0.2) is 0 Å².